The molecule has 0 aliphatic carbocycles. The number of amides is 1. The standard InChI is InChI=1S/C23H28N2O3/c1-16-11-13-25(14-12-16)19-9-7-18(8-10-19)17(2)24-23(26)22-15-27-20-5-3-4-6-21(20)28-22/h3-10,16-17,22H,11-15H2,1-2H3,(H,24,26). The van der Waals surface area contributed by atoms with E-state index in [1.807, 2.05) is 31.2 Å². The summed E-state index contributed by atoms with van der Waals surface area (Å²) in [5.41, 5.74) is 2.34. The van der Waals surface area contributed by atoms with Crippen molar-refractivity contribution in [1.29, 1.82) is 0 Å². The summed E-state index contributed by atoms with van der Waals surface area (Å²) < 4.78 is 11.4. The largest absolute Gasteiger partial charge is 0.485 e. The molecule has 1 fully saturated rings. The van der Waals surface area contributed by atoms with Gasteiger partial charge in [0, 0.05) is 18.8 Å². The van der Waals surface area contributed by atoms with Gasteiger partial charge >= 0.3 is 0 Å². The number of piperidine rings is 1. The van der Waals surface area contributed by atoms with E-state index in [2.05, 4.69) is 41.4 Å². The van der Waals surface area contributed by atoms with Crippen LogP contribution in [0.4, 0.5) is 5.69 Å². The first kappa shape index (κ1) is 18.7. The molecule has 1 amide bonds. The lowest BCUT2D eigenvalue weighted by atomic mass is 9.98. The Bertz CT molecular complexity index is 813. The SMILES string of the molecule is CC1CCN(c2ccc(C(C)NC(=O)C3COc4ccccc4O3)cc2)CC1. The van der Waals surface area contributed by atoms with Gasteiger partial charge in [0.25, 0.3) is 5.91 Å². The molecule has 2 aromatic carbocycles. The molecule has 28 heavy (non-hydrogen) atoms. The number of nitrogens with zero attached hydrogens (tertiary/aromatic N) is 1. The maximum absolute atomic E-state index is 12.6. The van der Waals surface area contributed by atoms with Crippen LogP contribution in [0, 0.1) is 5.92 Å². The minimum absolute atomic E-state index is 0.0938. The monoisotopic (exact) mass is 380 g/mol. The molecule has 0 saturated carbocycles. The lowest BCUT2D eigenvalue weighted by Gasteiger charge is -2.32. The van der Waals surface area contributed by atoms with Crippen LogP contribution in [-0.2, 0) is 4.79 Å². The summed E-state index contributed by atoms with van der Waals surface area (Å²) in [6.07, 6.45) is 1.87. The zero-order valence-electron chi connectivity index (χ0n) is 16.6. The third-order valence-corrected chi connectivity index (χ3v) is 5.70. The first-order valence-corrected chi connectivity index (χ1v) is 10.1. The predicted octanol–water partition coefficient (Wildman–Crippen LogP) is 3.94. The highest BCUT2D eigenvalue weighted by Crippen LogP contribution is 2.31. The van der Waals surface area contributed by atoms with E-state index in [9.17, 15) is 4.79 Å². The first-order chi connectivity index (χ1) is 13.6. The zero-order chi connectivity index (χ0) is 19.5. The molecule has 4 rings (SSSR count). The number of hydrogen-bond acceptors (Lipinski definition) is 4. The second kappa shape index (κ2) is 8.13. The number of carbonyl (C=O) groups excluding carboxylic acids is 1. The second-order valence-electron chi connectivity index (χ2n) is 7.86. The molecule has 2 heterocycles. The number of nitrogens with one attached hydrogen (secondary N) is 1. The molecule has 2 unspecified atom stereocenters. The minimum atomic E-state index is -0.632. The van der Waals surface area contributed by atoms with E-state index >= 15 is 0 Å². The van der Waals surface area contributed by atoms with Crippen molar-refractivity contribution in [2.24, 2.45) is 5.92 Å². The topological polar surface area (TPSA) is 50.8 Å². The van der Waals surface area contributed by atoms with Gasteiger partial charge in [0.05, 0.1) is 6.04 Å². The van der Waals surface area contributed by atoms with E-state index in [4.69, 9.17) is 9.47 Å². The fraction of sp³-hybridized carbons (Fsp3) is 0.435. The number of carbonyl (C=O) groups is 1. The van der Waals surface area contributed by atoms with Crippen molar-refractivity contribution < 1.29 is 14.3 Å². The Morgan fingerprint density at radius 2 is 1.75 bits per heavy atom. The number of hydrogen-bond donors (Lipinski definition) is 1. The van der Waals surface area contributed by atoms with Gasteiger partial charge < -0.3 is 19.7 Å². The lowest BCUT2D eigenvalue weighted by molar-refractivity contribution is -0.131. The summed E-state index contributed by atoms with van der Waals surface area (Å²) in [4.78, 5) is 15.1. The van der Waals surface area contributed by atoms with Gasteiger partial charge in [-0.25, -0.2) is 0 Å². The van der Waals surface area contributed by atoms with Gasteiger partial charge in [0.15, 0.2) is 11.5 Å². The molecule has 0 aromatic heterocycles. The summed E-state index contributed by atoms with van der Waals surface area (Å²) in [6, 6.07) is 15.8. The van der Waals surface area contributed by atoms with E-state index < -0.39 is 6.10 Å². The normalized spacial score (nSPS) is 20.5. The smallest absolute Gasteiger partial charge is 0.265 e. The molecule has 1 saturated heterocycles. The summed E-state index contributed by atoms with van der Waals surface area (Å²) in [7, 11) is 0. The molecular formula is C23H28N2O3. The highest BCUT2D eigenvalue weighted by molar-refractivity contribution is 5.82. The molecule has 2 aliphatic heterocycles. The number of ether oxygens (including phenoxy) is 2. The average Bonchev–Trinajstić information content (AvgIpc) is 2.74. The molecule has 1 N–H and O–H groups in total. The Labute approximate surface area is 166 Å². The predicted molar refractivity (Wildman–Crippen MR) is 110 cm³/mol. The Kier molecular flexibility index (Phi) is 5.42. The van der Waals surface area contributed by atoms with E-state index in [1.165, 1.54) is 18.5 Å². The summed E-state index contributed by atoms with van der Waals surface area (Å²) >= 11 is 0. The summed E-state index contributed by atoms with van der Waals surface area (Å²) in [5, 5.41) is 3.04. The number of rotatable bonds is 4. The Hall–Kier alpha value is -2.69. The molecular weight excluding hydrogens is 352 g/mol. The van der Waals surface area contributed by atoms with Crippen molar-refractivity contribution >= 4 is 11.6 Å². The molecule has 5 nitrogen and oxygen atoms in total. The minimum Gasteiger partial charge on any atom is -0.485 e. The maximum Gasteiger partial charge on any atom is 0.265 e. The van der Waals surface area contributed by atoms with Gasteiger partial charge in [-0.15, -0.1) is 0 Å². The fourth-order valence-corrected chi connectivity index (χ4v) is 3.78. The van der Waals surface area contributed by atoms with Crippen LogP contribution in [0.3, 0.4) is 0 Å². The maximum atomic E-state index is 12.6. The van der Waals surface area contributed by atoms with Crippen molar-refractivity contribution in [3.63, 3.8) is 0 Å². The Morgan fingerprint density at radius 3 is 2.46 bits per heavy atom. The second-order valence-corrected chi connectivity index (χ2v) is 7.86. The van der Waals surface area contributed by atoms with Crippen LogP contribution >= 0.6 is 0 Å². The zero-order valence-corrected chi connectivity index (χ0v) is 16.6. The van der Waals surface area contributed by atoms with Gasteiger partial charge in [-0.3, -0.25) is 4.79 Å². The molecule has 0 radical (unpaired) electrons. The quantitative estimate of drug-likeness (QED) is 0.873. The van der Waals surface area contributed by atoms with Crippen LogP contribution in [-0.4, -0.2) is 31.7 Å². The van der Waals surface area contributed by atoms with Crippen molar-refractivity contribution in [1.82, 2.24) is 5.32 Å². The van der Waals surface area contributed by atoms with E-state index in [1.54, 1.807) is 0 Å². The molecule has 2 aliphatic rings. The third kappa shape index (κ3) is 4.08. The van der Waals surface area contributed by atoms with Crippen molar-refractivity contribution in [3.8, 4) is 11.5 Å². The molecule has 148 valence electrons. The van der Waals surface area contributed by atoms with Crippen LogP contribution in [0.5, 0.6) is 11.5 Å². The highest BCUT2D eigenvalue weighted by atomic mass is 16.6. The van der Waals surface area contributed by atoms with Crippen molar-refractivity contribution in [2.45, 2.75) is 38.8 Å². The van der Waals surface area contributed by atoms with E-state index in [0.717, 1.165) is 24.6 Å². The van der Waals surface area contributed by atoms with Gasteiger partial charge in [-0.1, -0.05) is 31.2 Å². The van der Waals surface area contributed by atoms with Gasteiger partial charge in [-0.2, -0.15) is 0 Å². The van der Waals surface area contributed by atoms with Crippen LogP contribution in [0.2, 0.25) is 0 Å². The van der Waals surface area contributed by atoms with Crippen molar-refractivity contribution in [2.75, 3.05) is 24.6 Å². The lowest BCUT2D eigenvalue weighted by Crippen LogP contribution is -2.44. The summed E-state index contributed by atoms with van der Waals surface area (Å²) in [5.74, 6) is 1.96. The molecule has 2 aromatic rings. The van der Waals surface area contributed by atoms with E-state index in [-0.39, 0.29) is 18.6 Å². The molecule has 0 spiro atoms. The van der Waals surface area contributed by atoms with Crippen LogP contribution in [0.25, 0.3) is 0 Å². The summed E-state index contributed by atoms with van der Waals surface area (Å²) in [6.45, 7) is 6.78. The van der Waals surface area contributed by atoms with Gasteiger partial charge in [0.1, 0.15) is 6.61 Å². The van der Waals surface area contributed by atoms with Crippen molar-refractivity contribution in [3.05, 3.63) is 54.1 Å². The van der Waals surface area contributed by atoms with E-state index in [0.29, 0.717) is 11.5 Å². The average molecular weight is 380 g/mol. The van der Waals surface area contributed by atoms with Gasteiger partial charge in [-0.05, 0) is 55.5 Å². The highest BCUT2D eigenvalue weighted by Gasteiger charge is 2.28. The Balaban J connectivity index is 1.34. The number of para-hydroxylation sites is 2. The molecule has 5 heteroatoms. The molecule has 2 atom stereocenters. The van der Waals surface area contributed by atoms with Crippen LogP contribution in [0.1, 0.15) is 38.3 Å². The van der Waals surface area contributed by atoms with Crippen LogP contribution < -0.4 is 19.7 Å². The first-order valence-electron chi connectivity index (χ1n) is 10.1. The number of fused-ring (bicyclic) bond motifs is 1. The number of benzene rings is 2. The Morgan fingerprint density at radius 1 is 1.07 bits per heavy atom. The molecule has 0 bridgehead atoms. The third-order valence-electron chi connectivity index (χ3n) is 5.70. The number of anilines is 1. The fourth-order valence-electron chi connectivity index (χ4n) is 3.78. The van der Waals surface area contributed by atoms with Gasteiger partial charge in [0.2, 0.25) is 6.10 Å². The van der Waals surface area contributed by atoms with Crippen LogP contribution in [0.15, 0.2) is 48.5 Å².